The maximum atomic E-state index is 11.1. The Kier molecular flexibility index (Phi) is 6.19. The Morgan fingerprint density at radius 2 is 2.00 bits per heavy atom. The molecule has 0 aliphatic heterocycles. The highest BCUT2D eigenvalue weighted by Crippen LogP contribution is 2.12. The van der Waals surface area contributed by atoms with Crippen molar-refractivity contribution >= 4 is 10.0 Å². The van der Waals surface area contributed by atoms with Gasteiger partial charge < -0.3 is 14.6 Å². The third kappa shape index (κ3) is 5.62. The number of nitrogens with zero attached hydrogens (tertiary/aromatic N) is 1. The van der Waals surface area contributed by atoms with Crippen LogP contribution in [-0.2, 0) is 16.6 Å². The summed E-state index contributed by atoms with van der Waals surface area (Å²) >= 11 is 0. The van der Waals surface area contributed by atoms with E-state index in [-0.39, 0.29) is 5.09 Å². The second-order valence-corrected chi connectivity index (χ2v) is 7.14. The molecule has 116 valence electrons. The van der Waals surface area contributed by atoms with Crippen LogP contribution in [0.4, 0.5) is 0 Å². The van der Waals surface area contributed by atoms with Gasteiger partial charge in [-0.15, -0.1) is 0 Å². The lowest BCUT2D eigenvalue weighted by Gasteiger charge is -2.26. The van der Waals surface area contributed by atoms with Crippen molar-refractivity contribution in [1.82, 2.24) is 10.2 Å². The standard InChI is InChI=1S/C13H25N3O3S/c1-10(2)7-11(16(3)4)8-15-9-12-5-6-13(19-12)20(14,17)18/h5-6,10-11,15H,7-9H2,1-4H3,(H2,14,17,18). The van der Waals surface area contributed by atoms with E-state index in [1.165, 1.54) is 6.07 Å². The highest BCUT2D eigenvalue weighted by Gasteiger charge is 2.15. The van der Waals surface area contributed by atoms with Crippen LogP contribution in [0.15, 0.2) is 21.6 Å². The van der Waals surface area contributed by atoms with Gasteiger partial charge in [0.2, 0.25) is 5.09 Å². The molecule has 1 atom stereocenters. The van der Waals surface area contributed by atoms with Crippen molar-refractivity contribution in [3.05, 3.63) is 17.9 Å². The number of furan rings is 1. The molecule has 0 aromatic carbocycles. The first kappa shape index (κ1) is 17.2. The molecule has 0 amide bonds. The zero-order valence-electron chi connectivity index (χ0n) is 12.6. The summed E-state index contributed by atoms with van der Waals surface area (Å²) in [5, 5.41) is 8.08. The van der Waals surface area contributed by atoms with E-state index in [2.05, 4.69) is 38.2 Å². The molecule has 0 saturated carbocycles. The molecule has 7 heteroatoms. The van der Waals surface area contributed by atoms with Crippen LogP contribution >= 0.6 is 0 Å². The maximum absolute atomic E-state index is 11.1. The fraction of sp³-hybridized carbons (Fsp3) is 0.692. The molecule has 0 bridgehead atoms. The molecule has 0 saturated heterocycles. The second kappa shape index (κ2) is 7.21. The fourth-order valence-electron chi connectivity index (χ4n) is 1.99. The first-order chi connectivity index (χ1) is 9.20. The minimum Gasteiger partial charge on any atom is -0.447 e. The average molecular weight is 303 g/mol. The van der Waals surface area contributed by atoms with Crippen molar-refractivity contribution in [2.45, 2.75) is 37.9 Å². The number of hydrogen-bond donors (Lipinski definition) is 2. The van der Waals surface area contributed by atoms with Gasteiger partial charge in [-0.1, -0.05) is 13.8 Å². The summed E-state index contributed by atoms with van der Waals surface area (Å²) in [4.78, 5) is 2.19. The summed E-state index contributed by atoms with van der Waals surface area (Å²) in [6, 6.07) is 3.44. The Morgan fingerprint density at radius 1 is 1.35 bits per heavy atom. The Bertz CT molecular complexity index is 509. The smallest absolute Gasteiger partial charge is 0.271 e. The lowest BCUT2D eigenvalue weighted by atomic mass is 10.0. The molecular formula is C13H25N3O3S. The number of nitrogens with two attached hydrogens (primary N) is 1. The van der Waals surface area contributed by atoms with Gasteiger partial charge in [0.25, 0.3) is 10.0 Å². The first-order valence-electron chi connectivity index (χ1n) is 6.68. The second-order valence-electron chi connectivity index (χ2n) is 5.64. The van der Waals surface area contributed by atoms with Crippen molar-refractivity contribution in [2.75, 3.05) is 20.6 Å². The van der Waals surface area contributed by atoms with Gasteiger partial charge in [0.05, 0.1) is 6.54 Å². The Hall–Kier alpha value is -0.890. The van der Waals surface area contributed by atoms with Gasteiger partial charge in [0.15, 0.2) is 0 Å². The minimum absolute atomic E-state index is 0.194. The topological polar surface area (TPSA) is 88.6 Å². The van der Waals surface area contributed by atoms with E-state index in [0.717, 1.165) is 13.0 Å². The van der Waals surface area contributed by atoms with E-state index in [0.29, 0.717) is 24.3 Å². The van der Waals surface area contributed by atoms with Crippen LogP contribution in [0.1, 0.15) is 26.0 Å². The first-order valence-corrected chi connectivity index (χ1v) is 8.23. The minimum atomic E-state index is -3.76. The van der Waals surface area contributed by atoms with Crippen molar-refractivity contribution in [3.63, 3.8) is 0 Å². The van der Waals surface area contributed by atoms with E-state index < -0.39 is 10.0 Å². The third-order valence-electron chi connectivity index (χ3n) is 3.07. The van der Waals surface area contributed by atoms with Gasteiger partial charge in [-0.3, -0.25) is 0 Å². The molecule has 0 fully saturated rings. The summed E-state index contributed by atoms with van der Waals surface area (Å²) in [6.45, 7) is 5.69. The zero-order valence-corrected chi connectivity index (χ0v) is 13.4. The summed E-state index contributed by atoms with van der Waals surface area (Å²) in [6.07, 6.45) is 1.10. The van der Waals surface area contributed by atoms with Gasteiger partial charge in [-0.2, -0.15) is 0 Å². The largest absolute Gasteiger partial charge is 0.447 e. The number of likely N-dealkylation sites (N-methyl/N-ethyl adjacent to an activating group) is 1. The summed E-state index contributed by atoms with van der Waals surface area (Å²) in [5.74, 6) is 1.19. The zero-order chi connectivity index (χ0) is 15.3. The number of rotatable bonds is 8. The summed E-state index contributed by atoms with van der Waals surface area (Å²) in [7, 11) is 0.357. The van der Waals surface area contributed by atoms with Gasteiger partial charge in [0.1, 0.15) is 5.76 Å². The molecule has 0 aliphatic carbocycles. The number of hydrogen-bond acceptors (Lipinski definition) is 5. The van der Waals surface area contributed by atoms with Gasteiger partial charge in [0, 0.05) is 12.6 Å². The predicted molar refractivity (Wildman–Crippen MR) is 78.7 cm³/mol. The van der Waals surface area contributed by atoms with Gasteiger partial charge >= 0.3 is 0 Å². The normalized spacial score (nSPS) is 14.2. The predicted octanol–water partition coefficient (Wildman–Crippen LogP) is 0.993. The molecule has 1 rings (SSSR count). The monoisotopic (exact) mass is 303 g/mol. The van der Waals surface area contributed by atoms with E-state index >= 15 is 0 Å². The van der Waals surface area contributed by atoms with Crippen molar-refractivity contribution < 1.29 is 12.8 Å². The number of primary sulfonamides is 1. The highest BCUT2D eigenvalue weighted by molar-refractivity contribution is 7.89. The molecule has 1 aromatic rings. The average Bonchev–Trinajstić information content (AvgIpc) is 2.75. The molecule has 0 aliphatic rings. The fourth-order valence-corrected chi connectivity index (χ4v) is 2.47. The molecule has 0 spiro atoms. The third-order valence-corrected chi connectivity index (χ3v) is 3.85. The van der Waals surface area contributed by atoms with Gasteiger partial charge in [-0.25, -0.2) is 13.6 Å². The molecule has 1 aromatic heterocycles. The molecule has 3 N–H and O–H groups in total. The molecular weight excluding hydrogens is 278 g/mol. The number of sulfonamides is 1. The Morgan fingerprint density at radius 3 is 2.45 bits per heavy atom. The quantitative estimate of drug-likeness (QED) is 0.748. The maximum Gasteiger partial charge on any atom is 0.271 e. The van der Waals surface area contributed by atoms with Crippen LogP contribution in [0.2, 0.25) is 0 Å². The van der Waals surface area contributed by atoms with E-state index in [1.54, 1.807) is 6.07 Å². The molecule has 1 heterocycles. The van der Waals surface area contributed by atoms with Crippen LogP contribution in [-0.4, -0.2) is 40.0 Å². The lowest BCUT2D eigenvalue weighted by Crippen LogP contribution is -2.38. The van der Waals surface area contributed by atoms with Crippen molar-refractivity contribution in [2.24, 2.45) is 11.1 Å². The SMILES string of the molecule is CC(C)CC(CNCc1ccc(S(N)(=O)=O)o1)N(C)C. The van der Waals surface area contributed by atoms with Crippen LogP contribution in [0, 0.1) is 5.92 Å². The Balaban J connectivity index is 2.49. The van der Waals surface area contributed by atoms with E-state index in [9.17, 15) is 8.42 Å². The summed E-state index contributed by atoms with van der Waals surface area (Å²) < 4.78 is 27.4. The highest BCUT2D eigenvalue weighted by atomic mass is 32.2. The molecule has 0 radical (unpaired) electrons. The van der Waals surface area contributed by atoms with Gasteiger partial charge in [-0.05, 0) is 38.6 Å². The van der Waals surface area contributed by atoms with Crippen molar-refractivity contribution in [3.8, 4) is 0 Å². The molecule has 20 heavy (non-hydrogen) atoms. The van der Waals surface area contributed by atoms with E-state index in [1.807, 2.05) is 0 Å². The number of nitrogens with one attached hydrogen (secondary N) is 1. The summed E-state index contributed by atoms with van der Waals surface area (Å²) in [5.41, 5.74) is 0. The van der Waals surface area contributed by atoms with E-state index in [4.69, 9.17) is 9.56 Å². The molecule has 1 unspecified atom stereocenters. The molecule has 6 nitrogen and oxygen atoms in total. The van der Waals surface area contributed by atoms with Crippen LogP contribution < -0.4 is 10.5 Å². The van der Waals surface area contributed by atoms with Crippen LogP contribution in [0.25, 0.3) is 0 Å². The van der Waals surface area contributed by atoms with Crippen LogP contribution in [0.3, 0.4) is 0 Å². The Labute approximate surface area is 121 Å². The van der Waals surface area contributed by atoms with Crippen LogP contribution in [0.5, 0.6) is 0 Å². The van der Waals surface area contributed by atoms with Crippen molar-refractivity contribution in [1.29, 1.82) is 0 Å². The lowest BCUT2D eigenvalue weighted by molar-refractivity contribution is 0.244.